The number of rotatable bonds is 6. The van der Waals surface area contributed by atoms with Crippen molar-refractivity contribution in [2.24, 2.45) is 5.11 Å². The Balaban J connectivity index is 1.74. The van der Waals surface area contributed by atoms with Gasteiger partial charge < -0.3 is 28.8 Å². The second kappa shape index (κ2) is 7.79. The summed E-state index contributed by atoms with van der Waals surface area (Å²) < 4.78 is 28.5. The van der Waals surface area contributed by atoms with E-state index >= 15 is 0 Å². The molecule has 2 fully saturated rings. The van der Waals surface area contributed by atoms with Crippen molar-refractivity contribution >= 4 is 0 Å². The van der Waals surface area contributed by atoms with Crippen LogP contribution in [0.1, 0.15) is 19.4 Å². The molecule has 0 aromatic heterocycles. The zero-order valence-electron chi connectivity index (χ0n) is 14.9. The minimum Gasteiger partial charge on any atom is -0.497 e. The molecule has 0 unspecified atom stereocenters. The van der Waals surface area contributed by atoms with Crippen molar-refractivity contribution < 1.29 is 28.8 Å². The SMILES string of the molecule is COc1ccc(CO[C@@H]2O[C@H](CO)[C@@H]3OC(C)(C)O[C@@H]3[C@H]2N=[N+]=[N-])cc1. The van der Waals surface area contributed by atoms with Gasteiger partial charge in [0.25, 0.3) is 0 Å². The van der Waals surface area contributed by atoms with E-state index in [1.54, 1.807) is 21.0 Å². The van der Waals surface area contributed by atoms with E-state index in [1.807, 2.05) is 24.3 Å². The minimum atomic E-state index is -0.861. The molecule has 0 saturated carbocycles. The van der Waals surface area contributed by atoms with Crippen LogP contribution < -0.4 is 4.74 Å². The van der Waals surface area contributed by atoms with Gasteiger partial charge in [0.15, 0.2) is 12.1 Å². The molecule has 9 heteroatoms. The minimum absolute atomic E-state index is 0.242. The Bertz CT molecular complexity index is 661. The predicted molar refractivity (Wildman–Crippen MR) is 90.3 cm³/mol. The first kappa shape index (κ1) is 18.9. The molecule has 26 heavy (non-hydrogen) atoms. The lowest BCUT2D eigenvalue weighted by atomic mass is 9.98. The van der Waals surface area contributed by atoms with Crippen molar-refractivity contribution in [3.8, 4) is 5.75 Å². The molecule has 1 N–H and O–H groups in total. The van der Waals surface area contributed by atoms with Crippen LogP contribution in [0.3, 0.4) is 0 Å². The highest BCUT2D eigenvalue weighted by molar-refractivity contribution is 5.26. The third-order valence-electron chi connectivity index (χ3n) is 4.39. The zero-order chi connectivity index (χ0) is 18.7. The topological polar surface area (TPSA) is 115 Å². The highest BCUT2D eigenvalue weighted by atomic mass is 16.8. The molecular weight excluding hydrogens is 342 g/mol. The van der Waals surface area contributed by atoms with Crippen LogP contribution in [0.25, 0.3) is 10.4 Å². The molecule has 2 aliphatic heterocycles. The Morgan fingerprint density at radius 3 is 2.54 bits per heavy atom. The fraction of sp³-hybridized carbons (Fsp3) is 0.647. The summed E-state index contributed by atoms with van der Waals surface area (Å²) in [7, 11) is 1.60. The molecule has 0 spiro atoms. The second-order valence-corrected chi connectivity index (χ2v) is 6.64. The summed E-state index contributed by atoms with van der Waals surface area (Å²) in [4.78, 5) is 2.90. The van der Waals surface area contributed by atoms with E-state index in [1.165, 1.54) is 0 Å². The zero-order valence-corrected chi connectivity index (χ0v) is 14.9. The smallest absolute Gasteiger partial charge is 0.169 e. The van der Waals surface area contributed by atoms with Crippen LogP contribution in [0.2, 0.25) is 0 Å². The number of benzene rings is 1. The van der Waals surface area contributed by atoms with E-state index in [0.29, 0.717) is 0 Å². The predicted octanol–water partition coefficient (Wildman–Crippen LogP) is 2.13. The average Bonchev–Trinajstić information content (AvgIpc) is 2.96. The molecule has 1 aromatic rings. The summed E-state index contributed by atoms with van der Waals surface area (Å²) in [5.41, 5.74) is 9.84. The third kappa shape index (κ3) is 3.93. The number of methoxy groups -OCH3 is 1. The van der Waals surface area contributed by atoms with Gasteiger partial charge in [0.05, 0.1) is 20.3 Å². The molecule has 5 atom stereocenters. The Labute approximate surface area is 151 Å². The van der Waals surface area contributed by atoms with Gasteiger partial charge in [0.2, 0.25) is 0 Å². The molecule has 1 aromatic carbocycles. The number of azide groups is 1. The fourth-order valence-corrected chi connectivity index (χ4v) is 3.22. The van der Waals surface area contributed by atoms with Gasteiger partial charge in [-0.05, 0) is 37.1 Å². The number of hydrogen-bond donors (Lipinski definition) is 1. The number of ether oxygens (including phenoxy) is 5. The summed E-state index contributed by atoms with van der Waals surface area (Å²) in [6.07, 6.45) is -2.59. The fourth-order valence-electron chi connectivity index (χ4n) is 3.22. The third-order valence-corrected chi connectivity index (χ3v) is 4.39. The van der Waals surface area contributed by atoms with Crippen LogP contribution >= 0.6 is 0 Å². The first-order chi connectivity index (χ1) is 12.5. The number of fused-ring (bicyclic) bond motifs is 1. The first-order valence-corrected chi connectivity index (χ1v) is 8.38. The van der Waals surface area contributed by atoms with Crippen molar-refractivity contribution in [1.29, 1.82) is 0 Å². The Morgan fingerprint density at radius 1 is 1.23 bits per heavy atom. The Morgan fingerprint density at radius 2 is 1.92 bits per heavy atom. The van der Waals surface area contributed by atoms with Gasteiger partial charge in [-0.2, -0.15) is 0 Å². The normalized spacial score (nSPS) is 32.5. The van der Waals surface area contributed by atoms with Gasteiger partial charge in [-0.25, -0.2) is 0 Å². The van der Waals surface area contributed by atoms with E-state index in [0.717, 1.165) is 11.3 Å². The molecule has 142 valence electrons. The van der Waals surface area contributed by atoms with Crippen LogP contribution in [-0.4, -0.2) is 55.3 Å². The van der Waals surface area contributed by atoms with Gasteiger partial charge >= 0.3 is 0 Å². The van der Waals surface area contributed by atoms with Crippen molar-refractivity contribution in [1.82, 2.24) is 0 Å². The monoisotopic (exact) mass is 365 g/mol. The summed E-state index contributed by atoms with van der Waals surface area (Å²) in [6, 6.07) is 6.67. The molecule has 3 rings (SSSR count). The lowest BCUT2D eigenvalue weighted by Gasteiger charge is -2.39. The number of aliphatic hydroxyl groups excluding tert-OH is 1. The van der Waals surface area contributed by atoms with Gasteiger partial charge in [-0.1, -0.05) is 17.2 Å². The van der Waals surface area contributed by atoms with E-state index in [-0.39, 0.29) is 13.2 Å². The second-order valence-electron chi connectivity index (χ2n) is 6.64. The number of nitrogens with zero attached hydrogens (tertiary/aromatic N) is 3. The number of aliphatic hydroxyl groups is 1. The summed E-state index contributed by atoms with van der Waals surface area (Å²) in [5, 5.41) is 13.5. The van der Waals surface area contributed by atoms with Crippen molar-refractivity contribution in [2.75, 3.05) is 13.7 Å². The summed E-state index contributed by atoms with van der Waals surface area (Å²) in [5.74, 6) is -0.114. The maximum atomic E-state index is 9.65. The summed E-state index contributed by atoms with van der Waals surface area (Å²) >= 11 is 0. The maximum Gasteiger partial charge on any atom is 0.169 e. The van der Waals surface area contributed by atoms with Gasteiger partial charge in [-0.3, -0.25) is 0 Å². The molecule has 9 nitrogen and oxygen atoms in total. The van der Waals surface area contributed by atoms with Crippen molar-refractivity contribution in [3.05, 3.63) is 40.3 Å². The van der Waals surface area contributed by atoms with Crippen LogP contribution in [0.5, 0.6) is 5.75 Å². The van der Waals surface area contributed by atoms with Crippen LogP contribution in [0, 0.1) is 0 Å². The molecule has 2 saturated heterocycles. The first-order valence-electron chi connectivity index (χ1n) is 8.38. The molecule has 2 aliphatic rings. The van der Waals surface area contributed by atoms with E-state index < -0.39 is 36.4 Å². The Kier molecular flexibility index (Phi) is 5.67. The number of hydrogen-bond acceptors (Lipinski definition) is 7. The van der Waals surface area contributed by atoms with E-state index in [2.05, 4.69) is 10.0 Å². The lowest BCUT2D eigenvalue weighted by molar-refractivity contribution is -0.250. The largest absolute Gasteiger partial charge is 0.497 e. The highest BCUT2D eigenvalue weighted by Crippen LogP contribution is 2.39. The molecule has 0 bridgehead atoms. The lowest BCUT2D eigenvalue weighted by Crippen LogP contribution is -2.57. The molecule has 0 aliphatic carbocycles. The van der Waals surface area contributed by atoms with Gasteiger partial charge in [-0.15, -0.1) is 0 Å². The van der Waals surface area contributed by atoms with Crippen LogP contribution in [-0.2, 0) is 25.6 Å². The molecular formula is C17H23N3O6. The van der Waals surface area contributed by atoms with E-state index in [4.69, 9.17) is 29.2 Å². The highest BCUT2D eigenvalue weighted by Gasteiger charge is 2.55. The van der Waals surface area contributed by atoms with Crippen LogP contribution in [0.15, 0.2) is 29.4 Å². The quantitative estimate of drug-likeness (QED) is 0.469. The molecule has 0 radical (unpaired) electrons. The summed E-state index contributed by atoms with van der Waals surface area (Å²) in [6.45, 7) is 3.51. The standard InChI is InChI=1S/C17H23N3O6/c1-17(2)25-14-12(8-21)24-16(13(19-20-18)15(14)26-17)23-9-10-4-6-11(22-3)7-5-10/h4-7,12-16,21H,8-9H2,1-3H3/t12-,13-,14+,15-,16-/m1/s1. The van der Waals surface area contributed by atoms with Gasteiger partial charge in [0.1, 0.15) is 30.1 Å². The molecule has 0 amide bonds. The van der Waals surface area contributed by atoms with E-state index in [9.17, 15) is 5.11 Å². The molecule has 2 heterocycles. The van der Waals surface area contributed by atoms with Crippen molar-refractivity contribution in [3.63, 3.8) is 0 Å². The average molecular weight is 365 g/mol. The van der Waals surface area contributed by atoms with Gasteiger partial charge in [0, 0.05) is 4.91 Å². The van der Waals surface area contributed by atoms with Crippen molar-refractivity contribution in [2.45, 2.75) is 56.9 Å². The Hall–Kier alpha value is -1.87. The van der Waals surface area contributed by atoms with Crippen LogP contribution in [0.4, 0.5) is 0 Å². The maximum absolute atomic E-state index is 9.65.